The van der Waals surface area contributed by atoms with Crippen LogP contribution >= 0.6 is 0 Å². The summed E-state index contributed by atoms with van der Waals surface area (Å²) in [6.45, 7) is 3.22. The van der Waals surface area contributed by atoms with E-state index in [1.807, 2.05) is 37.3 Å². The lowest BCUT2D eigenvalue weighted by Crippen LogP contribution is -2.33. The summed E-state index contributed by atoms with van der Waals surface area (Å²) in [5.41, 5.74) is 4.86. The Morgan fingerprint density at radius 3 is 2.40 bits per heavy atom. The van der Waals surface area contributed by atoms with Gasteiger partial charge in [-0.1, -0.05) is 42.5 Å². The molecule has 2 aromatic carbocycles. The van der Waals surface area contributed by atoms with Crippen LogP contribution in [0.3, 0.4) is 0 Å². The maximum Gasteiger partial charge on any atom is 0.308 e. The molecule has 1 aliphatic carbocycles. The molecule has 1 N–H and O–H groups in total. The van der Waals surface area contributed by atoms with E-state index < -0.39 is 11.9 Å². The van der Waals surface area contributed by atoms with Crippen molar-refractivity contribution in [3.8, 4) is 11.8 Å². The Labute approximate surface area is 175 Å². The normalized spacial score (nSPS) is 20.9. The summed E-state index contributed by atoms with van der Waals surface area (Å²) in [7, 11) is 0. The van der Waals surface area contributed by atoms with Crippen molar-refractivity contribution in [3.63, 3.8) is 0 Å². The number of benzene rings is 2. The second kappa shape index (κ2) is 8.00. The van der Waals surface area contributed by atoms with E-state index in [4.69, 9.17) is 4.74 Å². The van der Waals surface area contributed by atoms with Gasteiger partial charge in [0, 0.05) is 30.3 Å². The molecule has 0 fully saturated rings. The predicted octanol–water partition coefficient (Wildman–Crippen LogP) is 4.50. The minimum atomic E-state index is -0.415. The average Bonchev–Trinajstić information content (AvgIpc) is 2.73. The van der Waals surface area contributed by atoms with Crippen LogP contribution in [0.2, 0.25) is 0 Å². The van der Waals surface area contributed by atoms with Crippen LogP contribution in [0.25, 0.3) is 0 Å². The summed E-state index contributed by atoms with van der Waals surface area (Å²) in [5.74, 6) is -0.188. The van der Waals surface area contributed by atoms with Crippen LogP contribution in [0.5, 0.6) is 5.75 Å². The van der Waals surface area contributed by atoms with Gasteiger partial charge in [0.25, 0.3) is 0 Å². The van der Waals surface area contributed by atoms with Crippen LogP contribution in [-0.2, 0) is 9.59 Å². The Balaban J connectivity index is 1.73. The highest BCUT2D eigenvalue weighted by Crippen LogP contribution is 2.45. The van der Waals surface area contributed by atoms with Gasteiger partial charge in [0.05, 0.1) is 17.6 Å². The molecule has 0 bridgehead atoms. The number of ether oxygens (including phenoxy) is 1. The maximum absolute atomic E-state index is 13.3. The first-order valence-electron chi connectivity index (χ1n) is 9.95. The number of esters is 1. The Bertz CT molecular complexity index is 1110. The van der Waals surface area contributed by atoms with Gasteiger partial charge in [0.15, 0.2) is 5.78 Å². The molecule has 30 heavy (non-hydrogen) atoms. The number of nitrogens with zero attached hydrogens (tertiary/aromatic N) is 1. The van der Waals surface area contributed by atoms with E-state index in [9.17, 15) is 14.9 Å². The summed E-state index contributed by atoms with van der Waals surface area (Å²) >= 11 is 0. The monoisotopic (exact) mass is 398 g/mol. The highest BCUT2D eigenvalue weighted by Gasteiger charge is 2.38. The summed E-state index contributed by atoms with van der Waals surface area (Å²) in [6, 6.07) is 19.4. The standard InChI is InChI=1S/C25H22N2O3/c1-15-21(14-26)24(18-8-10-20(11-9-18)30-16(2)28)25-22(27-15)12-19(13-23(25)29)17-6-4-3-5-7-17/h3-11,19,24,27H,12-13H2,1-2H3/t19-,24+/m0/s1. The number of carbonyl (C=O) groups is 2. The number of ketones is 1. The minimum absolute atomic E-state index is 0.0620. The third-order valence-corrected chi connectivity index (χ3v) is 5.69. The van der Waals surface area contributed by atoms with E-state index in [-0.39, 0.29) is 11.7 Å². The van der Waals surface area contributed by atoms with Crippen molar-refractivity contribution < 1.29 is 14.3 Å². The number of nitrogens with one attached hydrogen (secondary N) is 1. The van der Waals surface area contributed by atoms with Crippen molar-refractivity contribution in [2.24, 2.45) is 0 Å². The van der Waals surface area contributed by atoms with Gasteiger partial charge in [0.2, 0.25) is 0 Å². The number of nitriles is 1. The molecule has 0 aromatic heterocycles. The number of allylic oxidation sites excluding steroid dienone is 4. The molecule has 0 spiro atoms. The van der Waals surface area contributed by atoms with Gasteiger partial charge in [-0.15, -0.1) is 0 Å². The van der Waals surface area contributed by atoms with Crippen LogP contribution in [0.4, 0.5) is 0 Å². The number of hydrogen-bond acceptors (Lipinski definition) is 5. The summed E-state index contributed by atoms with van der Waals surface area (Å²) in [4.78, 5) is 24.5. The van der Waals surface area contributed by atoms with E-state index >= 15 is 0 Å². The molecule has 5 nitrogen and oxygen atoms in total. The van der Waals surface area contributed by atoms with Gasteiger partial charge in [-0.25, -0.2) is 0 Å². The van der Waals surface area contributed by atoms with Crippen LogP contribution in [0.1, 0.15) is 49.7 Å². The van der Waals surface area contributed by atoms with E-state index in [1.165, 1.54) is 6.92 Å². The molecule has 2 aliphatic rings. The largest absolute Gasteiger partial charge is 0.427 e. The summed E-state index contributed by atoms with van der Waals surface area (Å²) < 4.78 is 5.11. The fourth-order valence-corrected chi connectivity index (χ4v) is 4.38. The first kappa shape index (κ1) is 19.7. The second-order valence-electron chi connectivity index (χ2n) is 7.70. The number of Topliss-reactive ketones (excluding diaryl/α,β-unsaturated/α-hetero) is 1. The maximum atomic E-state index is 13.3. The molecule has 0 amide bonds. The highest BCUT2D eigenvalue weighted by atomic mass is 16.5. The van der Waals surface area contributed by atoms with E-state index in [2.05, 4.69) is 23.5 Å². The number of hydrogen-bond donors (Lipinski definition) is 1. The zero-order valence-corrected chi connectivity index (χ0v) is 16.9. The van der Waals surface area contributed by atoms with Gasteiger partial charge in [-0.05, 0) is 42.5 Å². The van der Waals surface area contributed by atoms with Crippen LogP contribution in [0, 0.1) is 11.3 Å². The van der Waals surface area contributed by atoms with Crippen molar-refractivity contribution in [1.82, 2.24) is 5.32 Å². The van der Waals surface area contributed by atoms with Crippen LogP contribution < -0.4 is 10.1 Å². The van der Waals surface area contributed by atoms with E-state index in [0.717, 1.165) is 28.9 Å². The van der Waals surface area contributed by atoms with Crippen molar-refractivity contribution in [3.05, 3.63) is 88.3 Å². The molecular formula is C25H22N2O3. The molecule has 1 aliphatic heterocycles. The predicted molar refractivity (Wildman–Crippen MR) is 112 cm³/mol. The molecule has 0 saturated heterocycles. The molecule has 150 valence electrons. The van der Waals surface area contributed by atoms with Crippen molar-refractivity contribution in [2.75, 3.05) is 0 Å². The van der Waals surface area contributed by atoms with Gasteiger partial charge >= 0.3 is 5.97 Å². The second-order valence-corrected chi connectivity index (χ2v) is 7.70. The van der Waals surface area contributed by atoms with Crippen molar-refractivity contribution in [1.29, 1.82) is 5.26 Å². The quantitative estimate of drug-likeness (QED) is 0.608. The van der Waals surface area contributed by atoms with Crippen LogP contribution in [0.15, 0.2) is 77.1 Å². The topological polar surface area (TPSA) is 79.2 Å². The molecule has 1 heterocycles. The minimum Gasteiger partial charge on any atom is -0.427 e. The number of rotatable bonds is 3. The van der Waals surface area contributed by atoms with E-state index in [1.54, 1.807) is 12.1 Å². The smallest absolute Gasteiger partial charge is 0.308 e. The Morgan fingerprint density at radius 2 is 1.77 bits per heavy atom. The molecule has 5 heteroatoms. The molecule has 0 saturated carbocycles. The Hall–Kier alpha value is -3.65. The zero-order valence-electron chi connectivity index (χ0n) is 16.9. The molecule has 0 radical (unpaired) electrons. The molecule has 0 unspecified atom stereocenters. The summed E-state index contributed by atoms with van der Waals surface area (Å²) in [6.07, 6.45) is 1.15. The molecule has 4 rings (SSSR count). The number of dihydropyridines is 1. The summed E-state index contributed by atoms with van der Waals surface area (Å²) in [5, 5.41) is 13.2. The van der Waals surface area contributed by atoms with Gasteiger partial charge in [-0.2, -0.15) is 5.26 Å². The van der Waals surface area contributed by atoms with E-state index in [0.29, 0.717) is 23.3 Å². The third-order valence-electron chi connectivity index (χ3n) is 5.69. The fourth-order valence-electron chi connectivity index (χ4n) is 4.38. The Morgan fingerprint density at radius 1 is 1.07 bits per heavy atom. The van der Waals surface area contributed by atoms with Gasteiger partial charge < -0.3 is 10.1 Å². The SMILES string of the molecule is CC(=O)Oc1ccc([C@@H]2C(C#N)=C(C)NC3=C2C(=O)C[C@@H](c2ccccc2)C3)cc1. The van der Waals surface area contributed by atoms with Gasteiger partial charge in [-0.3, -0.25) is 9.59 Å². The lowest BCUT2D eigenvalue weighted by atomic mass is 9.72. The molecule has 2 atom stereocenters. The van der Waals surface area contributed by atoms with Crippen molar-refractivity contribution >= 4 is 11.8 Å². The van der Waals surface area contributed by atoms with Crippen LogP contribution in [-0.4, -0.2) is 11.8 Å². The Kier molecular flexibility index (Phi) is 5.24. The fraction of sp³-hybridized carbons (Fsp3) is 0.240. The lowest BCUT2D eigenvalue weighted by molar-refractivity contribution is -0.131. The molecular weight excluding hydrogens is 376 g/mol. The number of carbonyl (C=O) groups excluding carboxylic acids is 2. The highest BCUT2D eigenvalue weighted by molar-refractivity contribution is 6.00. The lowest BCUT2D eigenvalue weighted by Gasteiger charge is -2.35. The van der Waals surface area contributed by atoms with Crippen molar-refractivity contribution in [2.45, 2.75) is 38.5 Å². The third kappa shape index (κ3) is 3.65. The first-order chi connectivity index (χ1) is 14.5. The average molecular weight is 398 g/mol. The van der Waals surface area contributed by atoms with Gasteiger partial charge in [0.1, 0.15) is 5.75 Å². The zero-order chi connectivity index (χ0) is 21.3. The first-order valence-corrected chi connectivity index (χ1v) is 9.95. The molecule has 2 aromatic rings.